The van der Waals surface area contributed by atoms with E-state index >= 15 is 0 Å². The van der Waals surface area contributed by atoms with Crippen LogP contribution in [0.5, 0.6) is 0 Å². The normalized spacial score (nSPS) is 18.8. The molecule has 0 saturated carbocycles. The molecule has 1 N–H and O–H groups in total. The highest BCUT2D eigenvalue weighted by atomic mass is 16.2. The smallest absolute Gasteiger partial charge is 0.255 e. The van der Waals surface area contributed by atoms with Gasteiger partial charge in [0.2, 0.25) is 5.56 Å². The summed E-state index contributed by atoms with van der Waals surface area (Å²) in [5, 5.41) is 0. The standard InChI is InChI=1S/C20H23N3O2/c24-19-7-6-17(14-21-19)20(25)23-9-3-8-22(10-11-23)18-12-15-4-1-2-5-16(15)13-18/h1-2,4-7,14,18H,3,8-13H2,(H,21,24). The van der Waals surface area contributed by atoms with Crippen molar-refractivity contribution in [1.29, 1.82) is 0 Å². The van der Waals surface area contributed by atoms with Gasteiger partial charge < -0.3 is 9.88 Å². The van der Waals surface area contributed by atoms with E-state index in [2.05, 4.69) is 34.1 Å². The Morgan fingerprint density at radius 2 is 1.72 bits per heavy atom. The van der Waals surface area contributed by atoms with E-state index in [1.807, 2.05) is 4.90 Å². The summed E-state index contributed by atoms with van der Waals surface area (Å²) in [7, 11) is 0. The number of hydrogen-bond acceptors (Lipinski definition) is 3. The minimum atomic E-state index is -0.181. The topological polar surface area (TPSA) is 56.4 Å². The van der Waals surface area contributed by atoms with E-state index in [9.17, 15) is 9.59 Å². The summed E-state index contributed by atoms with van der Waals surface area (Å²) >= 11 is 0. The summed E-state index contributed by atoms with van der Waals surface area (Å²) < 4.78 is 0. The average molecular weight is 337 g/mol. The zero-order chi connectivity index (χ0) is 17.2. The lowest BCUT2D eigenvalue weighted by atomic mass is 10.1. The Kier molecular flexibility index (Phi) is 4.40. The minimum absolute atomic E-state index is 0.00723. The molecule has 0 spiro atoms. The highest BCUT2D eigenvalue weighted by Crippen LogP contribution is 2.26. The Balaban J connectivity index is 1.40. The van der Waals surface area contributed by atoms with Crippen molar-refractivity contribution >= 4 is 5.91 Å². The molecular formula is C20H23N3O2. The molecule has 2 aliphatic rings. The van der Waals surface area contributed by atoms with E-state index in [0.717, 1.165) is 45.4 Å². The molecule has 1 fully saturated rings. The number of H-pyrrole nitrogens is 1. The van der Waals surface area contributed by atoms with E-state index in [4.69, 9.17) is 0 Å². The maximum absolute atomic E-state index is 12.7. The van der Waals surface area contributed by atoms with Crippen LogP contribution in [0.3, 0.4) is 0 Å². The van der Waals surface area contributed by atoms with Gasteiger partial charge >= 0.3 is 0 Å². The first kappa shape index (κ1) is 16.1. The zero-order valence-corrected chi connectivity index (χ0v) is 14.3. The third-order valence-corrected chi connectivity index (χ3v) is 5.39. The third kappa shape index (κ3) is 3.37. The number of fused-ring (bicyclic) bond motifs is 1. The second-order valence-corrected chi connectivity index (χ2v) is 6.95. The van der Waals surface area contributed by atoms with E-state index in [1.165, 1.54) is 23.4 Å². The molecule has 4 rings (SSSR count). The lowest BCUT2D eigenvalue weighted by Gasteiger charge is -2.27. The lowest BCUT2D eigenvalue weighted by molar-refractivity contribution is 0.0758. The number of rotatable bonds is 2. The van der Waals surface area contributed by atoms with Crippen LogP contribution in [0.4, 0.5) is 0 Å². The molecule has 2 heterocycles. The number of carbonyl (C=O) groups excluding carboxylic acids is 1. The number of hydrogen-bond donors (Lipinski definition) is 1. The van der Waals surface area contributed by atoms with Crippen molar-refractivity contribution in [3.63, 3.8) is 0 Å². The van der Waals surface area contributed by atoms with Crippen molar-refractivity contribution < 1.29 is 4.79 Å². The van der Waals surface area contributed by atoms with Crippen LogP contribution in [0.1, 0.15) is 27.9 Å². The third-order valence-electron chi connectivity index (χ3n) is 5.39. The van der Waals surface area contributed by atoms with Crippen LogP contribution < -0.4 is 5.56 Å². The molecule has 1 amide bonds. The second kappa shape index (κ2) is 6.84. The number of aromatic nitrogens is 1. The van der Waals surface area contributed by atoms with Crippen LogP contribution in [0.15, 0.2) is 47.4 Å². The zero-order valence-electron chi connectivity index (χ0n) is 14.3. The molecule has 1 aromatic heterocycles. The number of nitrogens with zero attached hydrogens (tertiary/aromatic N) is 2. The van der Waals surface area contributed by atoms with E-state index < -0.39 is 0 Å². The van der Waals surface area contributed by atoms with Crippen LogP contribution in [-0.2, 0) is 12.8 Å². The Hall–Kier alpha value is -2.40. The molecule has 0 atom stereocenters. The van der Waals surface area contributed by atoms with Crippen LogP contribution in [0.2, 0.25) is 0 Å². The van der Waals surface area contributed by atoms with Gasteiger partial charge in [0.1, 0.15) is 0 Å². The van der Waals surface area contributed by atoms with Gasteiger partial charge in [0.15, 0.2) is 0 Å². The number of carbonyl (C=O) groups is 1. The number of benzene rings is 1. The van der Waals surface area contributed by atoms with Gasteiger partial charge in [-0.25, -0.2) is 0 Å². The number of aromatic amines is 1. The molecule has 1 aromatic carbocycles. The van der Waals surface area contributed by atoms with Crippen LogP contribution in [0, 0.1) is 0 Å². The molecule has 2 aromatic rings. The van der Waals surface area contributed by atoms with E-state index in [-0.39, 0.29) is 11.5 Å². The first-order chi connectivity index (χ1) is 12.2. The van der Waals surface area contributed by atoms with Gasteiger partial charge in [0.25, 0.3) is 5.91 Å². The monoisotopic (exact) mass is 337 g/mol. The fourth-order valence-corrected chi connectivity index (χ4v) is 4.03. The first-order valence-corrected chi connectivity index (χ1v) is 8.99. The summed E-state index contributed by atoms with van der Waals surface area (Å²) in [5.41, 5.74) is 3.32. The maximum Gasteiger partial charge on any atom is 0.255 e. The molecule has 1 aliphatic heterocycles. The molecule has 5 nitrogen and oxygen atoms in total. The average Bonchev–Trinajstić information content (AvgIpc) is 2.91. The Labute approximate surface area is 147 Å². The predicted octanol–water partition coefficient (Wildman–Crippen LogP) is 1.69. The quantitative estimate of drug-likeness (QED) is 0.907. The molecular weight excluding hydrogens is 314 g/mol. The van der Waals surface area contributed by atoms with Gasteiger partial charge in [-0.15, -0.1) is 0 Å². The summed E-state index contributed by atoms with van der Waals surface area (Å²) in [5.74, 6) is 0.00723. The molecule has 1 aliphatic carbocycles. The molecule has 5 heteroatoms. The molecule has 0 bridgehead atoms. The van der Waals surface area contributed by atoms with Gasteiger partial charge in [-0.1, -0.05) is 24.3 Å². The Morgan fingerprint density at radius 3 is 2.40 bits per heavy atom. The lowest BCUT2D eigenvalue weighted by Crippen LogP contribution is -2.40. The van der Waals surface area contributed by atoms with Crippen molar-refractivity contribution in [2.24, 2.45) is 0 Å². The van der Waals surface area contributed by atoms with Crippen molar-refractivity contribution in [2.45, 2.75) is 25.3 Å². The van der Waals surface area contributed by atoms with Crippen molar-refractivity contribution in [1.82, 2.24) is 14.8 Å². The molecule has 130 valence electrons. The van der Waals surface area contributed by atoms with Crippen molar-refractivity contribution in [3.05, 3.63) is 69.6 Å². The second-order valence-electron chi connectivity index (χ2n) is 6.95. The summed E-state index contributed by atoms with van der Waals surface area (Å²) in [6.45, 7) is 3.46. The highest BCUT2D eigenvalue weighted by Gasteiger charge is 2.29. The molecule has 1 saturated heterocycles. The highest BCUT2D eigenvalue weighted by molar-refractivity contribution is 5.93. The summed E-state index contributed by atoms with van der Waals surface area (Å²) in [4.78, 5) is 30.9. The van der Waals surface area contributed by atoms with Gasteiger partial charge in [0, 0.05) is 44.5 Å². The minimum Gasteiger partial charge on any atom is -0.337 e. The molecule has 0 unspecified atom stereocenters. The largest absolute Gasteiger partial charge is 0.337 e. The van der Waals surface area contributed by atoms with Crippen LogP contribution in [0.25, 0.3) is 0 Å². The van der Waals surface area contributed by atoms with E-state index in [1.54, 1.807) is 6.07 Å². The Morgan fingerprint density at radius 1 is 0.960 bits per heavy atom. The van der Waals surface area contributed by atoms with Crippen LogP contribution in [-0.4, -0.2) is 52.9 Å². The summed E-state index contributed by atoms with van der Waals surface area (Å²) in [6, 6.07) is 12.3. The molecule has 25 heavy (non-hydrogen) atoms. The fraction of sp³-hybridized carbons (Fsp3) is 0.400. The maximum atomic E-state index is 12.7. The van der Waals surface area contributed by atoms with Gasteiger partial charge in [-0.3, -0.25) is 14.5 Å². The van der Waals surface area contributed by atoms with E-state index in [0.29, 0.717) is 11.6 Å². The van der Waals surface area contributed by atoms with Crippen molar-refractivity contribution in [3.8, 4) is 0 Å². The van der Waals surface area contributed by atoms with Gasteiger partial charge in [0.05, 0.1) is 5.56 Å². The Bertz CT molecular complexity index is 784. The summed E-state index contributed by atoms with van der Waals surface area (Å²) in [6.07, 6.45) is 4.73. The number of amides is 1. The van der Waals surface area contributed by atoms with Gasteiger partial charge in [-0.05, 0) is 36.5 Å². The molecule has 0 radical (unpaired) electrons. The van der Waals surface area contributed by atoms with Crippen LogP contribution >= 0.6 is 0 Å². The van der Waals surface area contributed by atoms with Crippen molar-refractivity contribution in [2.75, 3.05) is 26.2 Å². The SMILES string of the molecule is O=C(c1ccc(=O)[nH]c1)N1CCCN(C2Cc3ccccc3C2)CC1. The van der Waals surface area contributed by atoms with Gasteiger partial charge in [-0.2, -0.15) is 0 Å². The fourth-order valence-electron chi connectivity index (χ4n) is 4.03. The first-order valence-electron chi connectivity index (χ1n) is 8.99. The predicted molar refractivity (Wildman–Crippen MR) is 96.8 cm³/mol. The number of nitrogens with one attached hydrogen (secondary N) is 1. The number of pyridine rings is 1.